The summed E-state index contributed by atoms with van der Waals surface area (Å²) >= 11 is 3.68. The molecule has 5 heteroatoms. The van der Waals surface area contributed by atoms with Gasteiger partial charge in [0, 0.05) is 57.4 Å². The van der Waals surface area contributed by atoms with Gasteiger partial charge in [0.15, 0.2) is 11.6 Å². The number of aromatic nitrogens is 3. The van der Waals surface area contributed by atoms with E-state index in [2.05, 4.69) is 188 Å². The second kappa shape index (κ2) is 15.3. The third-order valence-corrected chi connectivity index (χ3v) is 14.4. The van der Waals surface area contributed by atoms with Crippen LogP contribution in [0.3, 0.4) is 0 Å². The number of hydrogen-bond donors (Lipinski definition) is 0. The fourth-order valence-electron chi connectivity index (χ4n) is 9.03. The van der Waals surface area contributed by atoms with Crippen LogP contribution in [0, 0.1) is 0 Å². The molecule has 0 saturated carbocycles. The molecule has 8 aromatic carbocycles. The van der Waals surface area contributed by atoms with Crippen LogP contribution < -0.4 is 0 Å². The van der Waals surface area contributed by atoms with Gasteiger partial charge in [-0.2, -0.15) is 0 Å². The summed E-state index contributed by atoms with van der Waals surface area (Å²) in [5.74, 6) is 2.15. The molecule has 0 saturated heterocycles. The molecule has 3 heterocycles. The maximum absolute atomic E-state index is 5.37. The Bertz CT molecular complexity index is 3540. The summed E-state index contributed by atoms with van der Waals surface area (Å²) in [6.45, 7) is 0. The minimum Gasteiger partial charge on any atom is -0.212 e. The van der Waals surface area contributed by atoms with Crippen molar-refractivity contribution in [3.8, 4) is 56.2 Å². The van der Waals surface area contributed by atoms with E-state index in [1.165, 1.54) is 84.9 Å². The van der Waals surface area contributed by atoms with Crippen molar-refractivity contribution in [1.82, 2.24) is 15.0 Å². The first-order chi connectivity index (χ1) is 30.7. The fraction of sp³-hybridized carbons (Fsp3) is 0.0351. The van der Waals surface area contributed by atoms with Crippen LogP contribution in [0.2, 0.25) is 0 Å². The van der Waals surface area contributed by atoms with Crippen LogP contribution in [0.1, 0.15) is 23.7 Å². The van der Waals surface area contributed by atoms with E-state index < -0.39 is 0 Å². The summed E-state index contributed by atoms with van der Waals surface area (Å²) < 4.78 is 5.08. The van der Waals surface area contributed by atoms with Gasteiger partial charge >= 0.3 is 0 Å². The van der Waals surface area contributed by atoms with E-state index in [-0.39, 0.29) is 5.92 Å². The first kappa shape index (κ1) is 36.5. The predicted molar refractivity (Wildman–Crippen MR) is 264 cm³/mol. The lowest BCUT2D eigenvalue weighted by molar-refractivity contribution is 0.773. The van der Waals surface area contributed by atoms with Gasteiger partial charge in [-0.15, -0.1) is 22.7 Å². The monoisotopic (exact) mass is 827 g/mol. The number of thiophene rings is 2. The number of nitrogens with zero attached hydrogens (tertiary/aromatic N) is 3. The minimum atomic E-state index is -0.0133. The minimum absolute atomic E-state index is 0.0133. The van der Waals surface area contributed by atoms with Crippen molar-refractivity contribution in [3.63, 3.8) is 0 Å². The second-order valence-electron chi connectivity index (χ2n) is 15.9. The van der Waals surface area contributed by atoms with E-state index in [4.69, 9.17) is 15.0 Å². The summed E-state index contributed by atoms with van der Waals surface area (Å²) in [5, 5.41) is 5.01. The van der Waals surface area contributed by atoms with Crippen molar-refractivity contribution in [3.05, 3.63) is 218 Å². The van der Waals surface area contributed by atoms with Crippen LogP contribution in [0.4, 0.5) is 0 Å². The van der Waals surface area contributed by atoms with E-state index >= 15 is 0 Å². The highest BCUT2D eigenvalue weighted by atomic mass is 32.1. The van der Waals surface area contributed by atoms with Gasteiger partial charge in [-0.1, -0.05) is 176 Å². The highest BCUT2D eigenvalue weighted by molar-refractivity contribution is 7.26. The molecule has 0 bridgehead atoms. The first-order valence-corrected chi connectivity index (χ1v) is 22.6. The van der Waals surface area contributed by atoms with Gasteiger partial charge in [-0.05, 0) is 81.3 Å². The van der Waals surface area contributed by atoms with Crippen molar-refractivity contribution in [1.29, 1.82) is 0 Å². The maximum atomic E-state index is 5.37. The Labute approximate surface area is 367 Å². The summed E-state index contributed by atoms with van der Waals surface area (Å²) in [7, 11) is 0. The van der Waals surface area contributed by atoms with Crippen molar-refractivity contribution < 1.29 is 0 Å². The molecule has 1 atom stereocenters. The van der Waals surface area contributed by atoms with Crippen LogP contribution >= 0.6 is 22.7 Å². The Morgan fingerprint density at radius 2 is 0.984 bits per heavy atom. The smallest absolute Gasteiger partial charge is 0.164 e. The topological polar surface area (TPSA) is 38.7 Å². The van der Waals surface area contributed by atoms with Crippen LogP contribution in [0.15, 0.2) is 206 Å². The average molecular weight is 828 g/mol. The van der Waals surface area contributed by atoms with Crippen molar-refractivity contribution in [2.75, 3.05) is 0 Å². The molecule has 1 aliphatic rings. The Morgan fingerprint density at radius 1 is 0.387 bits per heavy atom. The van der Waals surface area contributed by atoms with Gasteiger partial charge in [0.25, 0.3) is 0 Å². The zero-order valence-electron chi connectivity index (χ0n) is 33.6. The molecule has 0 spiro atoms. The van der Waals surface area contributed by atoms with Crippen molar-refractivity contribution >= 4 is 68.6 Å². The molecule has 0 fully saturated rings. The fourth-order valence-corrected chi connectivity index (χ4v) is 11.3. The quantitative estimate of drug-likeness (QED) is 0.161. The van der Waals surface area contributed by atoms with E-state index in [9.17, 15) is 0 Å². The third-order valence-electron chi connectivity index (χ3n) is 12.1. The lowest BCUT2D eigenvalue weighted by Gasteiger charge is -2.19. The maximum Gasteiger partial charge on any atom is 0.164 e. The van der Waals surface area contributed by atoms with Gasteiger partial charge in [-0.3, -0.25) is 0 Å². The van der Waals surface area contributed by atoms with Crippen LogP contribution in [0.25, 0.3) is 102 Å². The summed E-state index contributed by atoms with van der Waals surface area (Å²) in [5.41, 5.74) is 11.7. The number of rotatable bonds is 7. The van der Waals surface area contributed by atoms with Crippen molar-refractivity contribution in [2.45, 2.75) is 12.3 Å². The highest BCUT2D eigenvalue weighted by Gasteiger charge is 2.23. The molecule has 62 heavy (non-hydrogen) atoms. The van der Waals surface area contributed by atoms with Gasteiger partial charge in [-0.25, -0.2) is 15.0 Å². The van der Waals surface area contributed by atoms with E-state index in [1.807, 2.05) is 40.9 Å². The molecule has 12 rings (SSSR count). The van der Waals surface area contributed by atoms with Crippen LogP contribution in [-0.2, 0) is 0 Å². The Balaban J connectivity index is 0.944. The SMILES string of the molecule is C1=CC(c2nc(-c3ccccc3)nc(-c3cccc4sc5ccc(-c6ccccc6-c6ccc(-c7ccccc7)cc6)cc5c34)n2)CC(c2ccc3c(c2)sc2ccccc23)=C1. The molecule has 292 valence electrons. The predicted octanol–water partition coefficient (Wildman–Crippen LogP) is 16.1. The molecule has 1 unspecified atom stereocenters. The van der Waals surface area contributed by atoms with Crippen LogP contribution in [0.5, 0.6) is 0 Å². The summed E-state index contributed by atoms with van der Waals surface area (Å²) in [6.07, 6.45) is 7.47. The third kappa shape index (κ3) is 6.54. The average Bonchev–Trinajstić information content (AvgIpc) is 3.92. The zero-order chi connectivity index (χ0) is 41.0. The summed E-state index contributed by atoms with van der Waals surface area (Å²) in [4.78, 5) is 15.8. The lowest BCUT2D eigenvalue weighted by atomic mass is 9.89. The van der Waals surface area contributed by atoms with Gasteiger partial charge < -0.3 is 0 Å². The molecule has 3 aromatic heterocycles. The molecular weight excluding hydrogens is 791 g/mol. The van der Waals surface area contributed by atoms with Crippen LogP contribution in [-0.4, -0.2) is 15.0 Å². The Hall–Kier alpha value is -7.31. The number of allylic oxidation sites excluding steroid dienone is 4. The molecule has 0 N–H and O–H groups in total. The van der Waals surface area contributed by atoms with Gasteiger partial charge in [0.05, 0.1) is 0 Å². The normalized spacial score (nSPS) is 13.9. The van der Waals surface area contributed by atoms with E-state index in [0.29, 0.717) is 11.6 Å². The number of hydrogen-bond acceptors (Lipinski definition) is 5. The number of fused-ring (bicyclic) bond motifs is 6. The molecular formula is C57H37N3S2. The standard InChI is InChI=1S/C57H37N3S2/c1-3-13-36(14-4-1)37-25-27-38(28-26-37)44-19-7-8-20-45(44)42-30-32-51-49(34-42)54-48(22-12-24-52(54)61-51)57-59-55(39-15-5-2-6-16-39)58-56(60-57)43-18-11-17-40(33-43)41-29-31-47-46-21-9-10-23-50(46)62-53(47)35-41/h1-32,34-35,43H,33H2. The molecule has 3 nitrogen and oxygen atoms in total. The largest absolute Gasteiger partial charge is 0.212 e. The zero-order valence-corrected chi connectivity index (χ0v) is 35.2. The van der Waals surface area contributed by atoms with E-state index in [0.717, 1.165) is 23.4 Å². The van der Waals surface area contributed by atoms with Gasteiger partial charge in [0.1, 0.15) is 5.82 Å². The van der Waals surface area contributed by atoms with E-state index in [1.54, 1.807) is 0 Å². The lowest BCUT2D eigenvalue weighted by Crippen LogP contribution is -2.09. The molecule has 1 aliphatic carbocycles. The molecule has 0 radical (unpaired) electrons. The Kier molecular flexibility index (Phi) is 9.02. The molecule has 11 aromatic rings. The molecule has 0 aliphatic heterocycles. The van der Waals surface area contributed by atoms with Crippen molar-refractivity contribution in [2.24, 2.45) is 0 Å². The van der Waals surface area contributed by atoms with Gasteiger partial charge in [0.2, 0.25) is 0 Å². The summed E-state index contributed by atoms with van der Waals surface area (Å²) in [6, 6.07) is 67.6. The Morgan fingerprint density at radius 3 is 1.82 bits per heavy atom. The highest BCUT2D eigenvalue weighted by Crippen LogP contribution is 2.44. The second-order valence-corrected chi connectivity index (χ2v) is 18.1. The molecule has 0 amide bonds. The number of benzene rings is 8. The first-order valence-electron chi connectivity index (χ1n) is 21.0.